The molecule has 2 N–H and O–H groups in total. The predicted molar refractivity (Wildman–Crippen MR) is 74.4 cm³/mol. The van der Waals surface area contributed by atoms with Crippen LogP contribution in [0.5, 0.6) is 0 Å². The van der Waals surface area contributed by atoms with Crippen molar-refractivity contribution in [2.45, 2.75) is 62.8 Å². The van der Waals surface area contributed by atoms with Gasteiger partial charge >= 0.3 is 0 Å². The fraction of sp³-hybridized carbons (Fsp3) is 0.643. The van der Waals surface area contributed by atoms with E-state index in [9.17, 15) is 0 Å². The number of thioether (sulfide) groups is 1. The van der Waals surface area contributed by atoms with Gasteiger partial charge in [0.05, 0.1) is 0 Å². The van der Waals surface area contributed by atoms with Crippen molar-refractivity contribution in [2.24, 2.45) is 5.73 Å². The van der Waals surface area contributed by atoms with Crippen molar-refractivity contribution in [2.75, 3.05) is 0 Å². The molecule has 0 unspecified atom stereocenters. The third-order valence-corrected chi connectivity index (χ3v) is 4.12. The Balaban J connectivity index is 2.36. The molecule has 0 bridgehead atoms. The van der Waals surface area contributed by atoms with Crippen molar-refractivity contribution in [3.05, 3.63) is 22.9 Å². The summed E-state index contributed by atoms with van der Waals surface area (Å²) in [7, 11) is 0. The van der Waals surface area contributed by atoms with Crippen molar-refractivity contribution in [3.8, 4) is 0 Å². The third kappa shape index (κ3) is 3.23. The number of aromatic nitrogens is 1. The Bertz CT molecular complexity index is 407. The van der Waals surface area contributed by atoms with Gasteiger partial charge in [0.25, 0.3) is 0 Å². The Morgan fingerprint density at radius 2 is 2.00 bits per heavy atom. The minimum atomic E-state index is 0.194. The van der Waals surface area contributed by atoms with E-state index in [4.69, 9.17) is 10.7 Å². The molecule has 0 fully saturated rings. The lowest BCUT2D eigenvalue weighted by Crippen LogP contribution is -2.14. The monoisotopic (exact) mass is 250 g/mol. The summed E-state index contributed by atoms with van der Waals surface area (Å²) in [6.45, 7) is 7.26. The van der Waals surface area contributed by atoms with Crippen LogP contribution in [0.2, 0.25) is 0 Å². The number of aryl methyl sites for hydroxylation is 2. The second kappa shape index (κ2) is 4.99. The molecule has 1 aliphatic rings. The number of pyridine rings is 1. The van der Waals surface area contributed by atoms with Gasteiger partial charge in [-0.3, -0.25) is 0 Å². The van der Waals surface area contributed by atoms with E-state index in [1.165, 1.54) is 36.1 Å². The Morgan fingerprint density at radius 1 is 1.29 bits per heavy atom. The molecule has 1 aromatic rings. The molecule has 17 heavy (non-hydrogen) atoms. The Labute approximate surface area is 108 Å². The quantitative estimate of drug-likeness (QED) is 0.818. The van der Waals surface area contributed by atoms with Crippen LogP contribution in [0.1, 0.15) is 50.4 Å². The highest BCUT2D eigenvalue weighted by atomic mass is 32.2. The molecule has 2 rings (SSSR count). The molecule has 3 heteroatoms. The zero-order chi connectivity index (χ0) is 12.5. The minimum absolute atomic E-state index is 0.194. The molecule has 0 radical (unpaired) electrons. The van der Waals surface area contributed by atoms with Gasteiger partial charge in [-0.2, -0.15) is 0 Å². The molecule has 0 atom stereocenters. The van der Waals surface area contributed by atoms with Crippen molar-refractivity contribution in [3.63, 3.8) is 0 Å². The maximum atomic E-state index is 5.85. The third-order valence-electron chi connectivity index (χ3n) is 2.96. The zero-order valence-electron chi connectivity index (χ0n) is 11.0. The molecule has 0 saturated heterocycles. The van der Waals surface area contributed by atoms with E-state index >= 15 is 0 Å². The molecule has 0 aliphatic heterocycles. The summed E-state index contributed by atoms with van der Waals surface area (Å²) >= 11 is 1.83. The first-order valence-electron chi connectivity index (χ1n) is 6.40. The number of nitrogens with zero attached hydrogens (tertiary/aromatic N) is 1. The number of rotatable bonds is 2. The fourth-order valence-corrected chi connectivity index (χ4v) is 3.20. The second-order valence-corrected chi connectivity index (χ2v) is 7.50. The lowest BCUT2D eigenvalue weighted by molar-refractivity contribution is 0.655. The summed E-state index contributed by atoms with van der Waals surface area (Å²) in [5.74, 6) is 0. The summed E-state index contributed by atoms with van der Waals surface area (Å²) in [5.41, 5.74) is 9.79. The summed E-state index contributed by atoms with van der Waals surface area (Å²) in [6.07, 6.45) is 4.89. The number of hydrogen-bond acceptors (Lipinski definition) is 3. The van der Waals surface area contributed by atoms with Crippen LogP contribution in [0.25, 0.3) is 0 Å². The van der Waals surface area contributed by atoms with E-state index in [1.807, 2.05) is 11.8 Å². The van der Waals surface area contributed by atoms with Gasteiger partial charge in [-0.05, 0) is 36.8 Å². The van der Waals surface area contributed by atoms with Crippen LogP contribution in [-0.2, 0) is 19.4 Å². The summed E-state index contributed by atoms with van der Waals surface area (Å²) in [6, 6.07) is 2.29. The van der Waals surface area contributed by atoms with Crippen molar-refractivity contribution >= 4 is 11.8 Å². The largest absolute Gasteiger partial charge is 0.326 e. The van der Waals surface area contributed by atoms with E-state index in [1.54, 1.807) is 0 Å². The Kier molecular flexibility index (Phi) is 3.79. The van der Waals surface area contributed by atoms with Gasteiger partial charge in [-0.25, -0.2) is 4.98 Å². The highest BCUT2D eigenvalue weighted by Crippen LogP contribution is 2.34. The number of fused-ring (bicyclic) bond motifs is 1. The molecular formula is C14H22N2S. The van der Waals surface area contributed by atoms with Gasteiger partial charge in [-0.15, -0.1) is 11.8 Å². The average molecular weight is 250 g/mol. The molecule has 0 saturated carbocycles. The Hall–Kier alpha value is -0.540. The van der Waals surface area contributed by atoms with E-state index < -0.39 is 0 Å². The van der Waals surface area contributed by atoms with Gasteiger partial charge < -0.3 is 5.73 Å². The predicted octanol–water partition coefficient (Wildman–Crippen LogP) is 3.31. The molecule has 0 spiro atoms. The summed E-state index contributed by atoms with van der Waals surface area (Å²) in [4.78, 5) is 4.85. The highest BCUT2D eigenvalue weighted by molar-refractivity contribution is 8.00. The molecule has 0 aromatic carbocycles. The smallest absolute Gasteiger partial charge is 0.101 e. The molecular weight excluding hydrogens is 228 g/mol. The first-order chi connectivity index (χ1) is 7.99. The summed E-state index contributed by atoms with van der Waals surface area (Å²) in [5, 5.41) is 1.14. The topological polar surface area (TPSA) is 38.9 Å². The second-order valence-electron chi connectivity index (χ2n) is 5.68. The molecule has 1 heterocycles. The van der Waals surface area contributed by atoms with E-state index in [-0.39, 0.29) is 4.75 Å². The van der Waals surface area contributed by atoms with Gasteiger partial charge in [0.2, 0.25) is 0 Å². The maximum Gasteiger partial charge on any atom is 0.101 e. The van der Waals surface area contributed by atoms with Crippen LogP contribution in [0, 0.1) is 0 Å². The van der Waals surface area contributed by atoms with Crippen molar-refractivity contribution in [1.82, 2.24) is 4.98 Å². The molecule has 94 valence electrons. The first-order valence-corrected chi connectivity index (χ1v) is 7.22. The van der Waals surface area contributed by atoms with Gasteiger partial charge in [-0.1, -0.05) is 26.8 Å². The van der Waals surface area contributed by atoms with Gasteiger partial charge in [0.1, 0.15) is 5.03 Å². The van der Waals surface area contributed by atoms with E-state index in [0.29, 0.717) is 6.54 Å². The van der Waals surface area contributed by atoms with Crippen LogP contribution in [0.15, 0.2) is 11.1 Å². The zero-order valence-corrected chi connectivity index (χ0v) is 11.9. The minimum Gasteiger partial charge on any atom is -0.326 e. The Morgan fingerprint density at radius 3 is 2.65 bits per heavy atom. The van der Waals surface area contributed by atoms with Crippen molar-refractivity contribution in [1.29, 1.82) is 0 Å². The van der Waals surface area contributed by atoms with Crippen LogP contribution >= 0.6 is 11.8 Å². The fourth-order valence-electron chi connectivity index (χ4n) is 2.19. The molecule has 1 aromatic heterocycles. The number of hydrogen-bond donors (Lipinski definition) is 1. The lowest BCUT2D eigenvalue weighted by Gasteiger charge is -2.22. The van der Waals surface area contributed by atoms with Crippen LogP contribution in [-0.4, -0.2) is 9.73 Å². The molecule has 1 aliphatic carbocycles. The highest BCUT2D eigenvalue weighted by Gasteiger charge is 2.19. The van der Waals surface area contributed by atoms with Crippen LogP contribution in [0.4, 0.5) is 0 Å². The SMILES string of the molecule is CC(C)(C)Sc1nc2c(cc1CN)CCCC2. The van der Waals surface area contributed by atoms with Gasteiger partial charge in [0, 0.05) is 17.0 Å². The van der Waals surface area contributed by atoms with E-state index in [0.717, 1.165) is 11.4 Å². The van der Waals surface area contributed by atoms with Crippen molar-refractivity contribution < 1.29 is 0 Å². The van der Waals surface area contributed by atoms with E-state index in [2.05, 4.69) is 26.8 Å². The molecule has 0 amide bonds. The normalized spacial score (nSPS) is 15.8. The maximum absolute atomic E-state index is 5.85. The number of nitrogens with two attached hydrogens (primary N) is 1. The van der Waals surface area contributed by atoms with Crippen LogP contribution < -0.4 is 5.73 Å². The summed E-state index contributed by atoms with van der Waals surface area (Å²) < 4.78 is 0.194. The first kappa shape index (κ1) is 12.9. The van der Waals surface area contributed by atoms with Gasteiger partial charge in [0.15, 0.2) is 0 Å². The average Bonchev–Trinajstić information content (AvgIpc) is 2.26. The molecule has 2 nitrogen and oxygen atoms in total. The lowest BCUT2D eigenvalue weighted by atomic mass is 9.95. The van der Waals surface area contributed by atoms with Crippen LogP contribution in [0.3, 0.4) is 0 Å². The standard InChI is InChI=1S/C14H22N2S/c1-14(2,3)17-13-11(9-15)8-10-6-4-5-7-12(10)16-13/h8H,4-7,9,15H2,1-3H3.